The van der Waals surface area contributed by atoms with E-state index in [2.05, 4.69) is 87.6 Å². The summed E-state index contributed by atoms with van der Waals surface area (Å²) < 4.78 is 1.34. The summed E-state index contributed by atoms with van der Waals surface area (Å²) in [4.78, 5) is 0. The van der Waals surface area contributed by atoms with Gasteiger partial charge in [-0.25, -0.2) is 0 Å². The molecule has 0 fully saturated rings. The summed E-state index contributed by atoms with van der Waals surface area (Å²) >= 11 is 0. The van der Waals surface area contributed by atoms with Crippen molar-refractivity contribution in [3.8, 4) is 0 Å². The van der Waals surface area contributed by atoms with Crippen molar-refractivity contribution in [3.05, 3.63) is 72.4 Å². The van der Waals surface area contributed by atoms with Crippen LogP contribution in [-0.4, -0.2) is 24.1 Å². The average Bonchev–Trinajstić information content (AvgIpc) is 3.13. The Balaban J connectivity index is 2.55. The molecule has 0 amide bonds. The summed E-state index contributed by atoms with van der Waals surface area (Å²) in [6.07, 6.45) is 55.9. The molecule has 0 radical (unpaired) electrons. The van der Waals surface area contributed by atoms with Gasteiger partial charge in [-0.1, -0.05) is 182 Å². The summed E-state index contributed by atoms with van der Waals surface area (Å²) in [6, 6.07) is 11.5. The molecular weight excluding hydrogens is 603 g/mol. The van der Waals surface area contributed by atoms with Gasteiger partial charge in [0.1, 0.15) is 6.54 Å². The molecule has 1 nitrogen and oxygen atoms in total. The highest BCUT2D eigenvalue weighted by molar-refractivity contribution is 5.13. The monoisotopic (exact) mass is 691 g/mol. The van der Waals surface area contributed by atoms with Crippen LogP contribution in [0.4, 0.5) is 0 Å². The molecule has 0 aliphatic carbocycles. The highest BCUT2D eigenvalue weighted by Gasteiger charge is 2.26. The predicted octanol–water partition coefficient (Wildman–Crippen LogP) is 16.4. The van der Waals surface area contributed by atoms with Crippen LogP contribution in [0.5, 0.6) is 0 Å². The fourth-order valence-corrected chi connectivity index (χ4v) is 7.88. The third-order valence-corrected chi connectivity index (χ3v) is 11.1. The fraction of sp³-hybridized carbons (Fsp3) is 0.755. The van der Waals surface area contributed by atoms with Gasteiger partial charge < -0.3 is 4.48 Å². The standard InChI is InChI=1S/C49H88N/c1-4-7-10-13-16-19-22-25-28-31-34-40-45-50(48-49-43-38-37-39-44-49,46-41-35-32-29-26-23-20-17-14-11-8-5-2)47-42-36-33-30-27-24-21-18-15-12-9-6-3/h4-9,37-39,43-44H,10-36,40-42,45-48H2,1-3H3/q+1/b7-4+,8-5+,9-6+. The van der Waals surface area contributed by atoms with Gasteiger partial charge in [0.15, 0.2) is 0 Å². The summed E-state index contributed by atoms with van der Waals surface area (Å²) in [5.74, 6) is 0. The van der Waals surface area contributed by atoms with Crippen molar-refractivity contribution in [2.45, 2.75) is 220 Å². The van der Waals surface area contributed by atoms with Gasteiger partial charge in [-0.05, 0) is 97.8 Å². The zero-order chi connectivity index (χ0) is 35.9. The van der Waals surface area contributed by atoms with Crippen molar-refractivity contribution >= 4 is 0 Å². The summed E-state index contributed by atoms with van der Waals surface area (Å²) in [5.41, 5.74) is 1.56. The molecule has 0 atom stereocenters. The fourth-order valence-electron chi connectivity index (χ4n) is 7.88. The van der Waals surface area contributed by atoms with E-state index in [1.165, 1.54) is 223 Å². The Kier molecular flexibility index (Phi) is 34.5. The predicted molar refractivity (Wildman–Crippen MR) is 228 cm³/mol. The van der Waals surface area contributed by atoms with E-state index in [0.717, 1.165) is 0 Å². The Morgan fingerprint density at radius 2 is 0.600 bits per heavy atom. The van der Waals surface area contributed by atoms with Crippen LogP contribution in [0, 0.1) is 0 Å². The maximum Gasteiger partial charge on any atom is 0.104 e. The molecule has 0 saturated carbocycles. The van der Waals surface area contributed by atoms with Gasteiger partial charge in [-0.15, -0.1) is 0 Å². The van der Waals surface area contributed by atoms with Crippen molar-refractivity contribution in [3.63, 3.8) is 0 Å². The Bertz CT molecular complexity index is 796. The molecule has 0 bridgehead atoms. The largest absolute Gasteiger partial charge is 0.320 e. The highest BCUT2D eigenvalue weighted by atomic mass is 15.3. The van der Waals surface area contributed by atoms with Gasteiger partial charge in [0.05, 0.1) is 19.6 Å². The van der Waals surface area contributed by atoms with E-state index in [4.69, 9.17) is 0 Å². The first-order valence-electron chi connectivity index (χ1n) is 22.5. The zero-order valence-corrected chi connectivity index (χ0v) is 34.3. The molecule has 0 unspecified atom stereocenters. The first kappa shape index (κ1) is 46.4. The van der Waals surface area contributed by atoms with Crippen LogP contribution in [-0.2, 0) is 6.54 Å². The molecule has 1 aromatic carbocycles. The van der Waals surface area contributed by atoms with Gasteiger partial charge in [0.25, 0.3) is 0 Å². The van der Waals surface area contributed by atoms with E-state index < -0.39 is 0 Å². The minimum absolute atomic E-state index is 1.24. The maximum atomic E-state index is 2.41. The summed E-state index contributed by atoms with van der Waals surface area (Å²) in [7, 11) is 0. The number of rotatable bonds is 38. The van der Waals surface area contributed by atoms with E-state index in [1.54, 1.807) is 5.56 Å². The lowest BCUT2D eigenvalue weighted by Gasteiger charge is -2.39. The summed E-state index contributed by atoms with van der Waals surface area (Å²) in [5, 5.41) is 0. The molecule has 0 saturated heterocycles. The summed E-state index contributed by atoms with van der Waals surface area (Å²) in [6.45, 7) is 11.8. The molecule has 50 heavy (non-hydrogen) atoms. The van der Waals surface area contributed by atoms with Crippen molar-refractivity contribution in [2.24, 2.45) is 0 Å². The Morgan fingerprint density at radius 3 is 0.880 bits per heavy atom. The van der Waals surface area contributed by atoms with Gasteiger partial charge >= 0.3 is 0 Å². The Morgan fingerprint density at radius 1 is 0.340 bits per heavy atom. The maximum absolute atomic E-state index is 2.41. The number of hydrogen-bond donors (Lipinski definition) is 0. The quantitative estimate of drug-likeness (QED) is 0.0368. The average molecular weight is 691 g/mol. The second-order valence-corrected chi connectivity index (χ2v) is 15.8. The lowest BCUT2D eigenvalue weighted by atomic mass is 10.0. The molecule has 0 aromatic heterocycles. The van der Waals surface area contributed by atoms with E-state index >= 15 is 0 Å². The van der Waals surface area contributed by atoms with Crippen LogP contribution in [0.1, 0.15) is 219 Å². The highest BCUT2D eigenvalue weighted by Crippen LogP contribution is 2.23. The third-order valence-electron chi connectivity index (χ3n) is 11.1. The molecular formula is C49H88N+. The second kappa shape index (κ2) is 37.2. The zero-order valence-electron chi connectivity index (χ0n) is 34.3. The Labute approximate surface area is 315 Å². The molecule has 288 valence electrons. The molecule has 1 heteroatoms. The van der Waals surface area contributed by atoms with Crippen LogP contribution in [0.15, 0.2) is 66.8 Å². The number of unbranched alkanes of at least 4 members (excludes halogenated alkanes) is 27. The molecule has 0 spiro atoms. The molecule has 0 N–H and O–H groups in total. The number of benzene rings is 1. The Hall–Kier alpha value is -1.60. The normalized spacial score (nSPS) is 12.4. The van der Waals surface area contributed by atoms with Crippen molar-refractivity contribution in [2.75, 3.05) is 19.6 Å². The van der Waals surface area contributed by atoms with E-state index in [9.17, 15) is 0 Å². The van der Waals surface area contributed by atoms with Crippen LogP contribution >= 0.6 is 0 Å². The number of hydrogen-bond acceptors (Lipinski definition) is 0. The minimum Gasteiger partial charge on any atom is -0.320 e. The third kappa shape index (κ3) is 30.1. The minimum atomic E-state index is 1.24. The topological polar surface area (TPSA) is 0 Å². The van der Waals surface area contributed by atoms with E-state index in [-0.39, 0.29) is 0 Å². The number of quaternary nitrogens is 1. The molecule has 0 heterocycles. The van der Waals surface area contributed by atoms with Crippen LogP contribution in [0.2, 0.25) is 0 Å². The first-order chi connectivity index (χ1) is 24.8. The number of nitrogens with zero attached hydrogens (tertiary/aromatic N) is 1. The lowest BCUT2D eigenvalue weighted by molar-refractivity contribution is -0.941. The lowest BCUT2D eigenvalue weighted by Crippen LogP contribution is -2.49. The number of allylic oxidation sites excluding steroid dienone is 6. The van der Waals surface area contributed by atoms with E-state index in [1.807, 2.05) is 0 Å². The van der Waals surface area contributed by atoms with Gasteiger partial charge in [-0.3, -0.25) is 0 Å². The van der Waals surface area contributed by atoms with E-state index in [0.29, 0.717) is 0 Å². The van der Waals surface area contributed by atoms with Gasteiger partial charge in [0, 0.05) is 5.56 Å². The van der Waals surface area contributed by atoms with Crippen LogP contribution < -0.4 is 0 Å². The van der Waals surface area contributed by atoms with Crippen molar-refractivity contribution < 1.29 is 4.48 Å². The second-order valence-electron chi connectivity index (χ2n) is 15.8. The molecule has 1 rings (SSSR count). The molecule has 0 aliphatic heterocycles. The van der Waals surface area contributed by atoms with Crippen LogP contribution in [0.3, 0.4) is 0 Å². The molecule has 1 aromatic rings. The van der Waals surface area contributed by atoms with Crippen LogP contribution in [0.25, 0.3) is 0 Å². The SMILES string of the molecule is C/C=C/CCCCCCCCCCC[N+](CCCCCCCCCCC/C=C/C)(CCCCCCCCCCC/C=C/C)Cc1ccccc1. The van der Waals surface area contributed by atoms with Crippen molar-refractivity contribution in [1.82, 2.24) is 0 Å². The molecule has 0 aliphatic rings. The first-order valence-corrected chi connectivity index (χ1v) is 22.5. The smallest absolute Gasteiger partial charge is 0.104 e. The van der Waals surface area contributed by atoms with Gasteiger partial charge in [0.2, 0.25) is 0 Å². The van der Waals surface area contributed by atoms with Crippen molar-refractivity contribution in [1.29, 1.82) is 0 Å². The van der Waals surface area contributed by atoms with Gasteiger partial charge in [-0.2, -0.15) is 0 Å².